The lowest BCUT2D eigenvalue weighted by Crippen LogP contribution is -2.29. The van der Waals surface area contributed by atoms with Crippen LogP contribution in [-0.4, -0.2) is 28.4 Å². The number of hydrogen-bond donors (Lipinski definition) is 2. The molecule has 1 amide bonds. The highest BCUT2D eigenvalue weighted by Gasteiger charge is 2.19. The molecule has 150 valence electrons. The summed E-state index contributed by atoms with van der Waals surface area (Å²) in [5.74, 6) is -1.04. The third kappa shape index (κ3) is 5.13. The SMILES string of the molecule is C/C=C(\SC)c1cc(C(=O)NCCCc2ccc(Cl)c(Cl)c2)c(O)c(=O)n1C. The second kappa shape index (κ2) is 10.0. The zero-order valence-electron chi connectivity index (χ0n) is 15.9. The fourth-order valence-electron chi connectivity index (χ4n) is 2.75. The quantitative estimate of drug-likeness (QED) is 0.622. The zero-order chi connectivity index (χ0) is 20.8. The Morgan fingerprint density at radius 1 is 1.29 bits per heavy atom. The number of benzene rings is 1. The Balaban J connectivity index is 2.09. The average molecular weight is 441 g/mol. The number of aryl methyl sites for hydroxylation is 1. The van der Waals surface area contributed by atoms with E-state index in [-0.39, 0.29) is 5.56 Å². The summed E-state index contributed by atoms with van der Waals surface area (Å²) >= 11 is 13.4. The van der Waals surface area contributed by atoms with Crippen molar-refractivity contribution < 1.29 is 9.90 Å². The molecular formula is C20H22Cl2N2O3S. The van der Waals surface area contributed by atoms with Crippen LogP contribution < -0.4 is 10.9 Å². The zero-order valence-corrected chi connectivity index (χ0v) is 18.2. The standard InChI is InChI=1S/C20H22Cl2N2O3S/c1-4-17(28-3)16-11-13(18(25)20(27)24(16)2)19(26)23-9-5-6-12-7-8-14(21)15(22)10-12/h4,7-8,10-11,25H,5-6,9H2,1-3H3,(H,23,26)/b17-4-. The second-order valence-corrected chi connectivity index (χ2v) is 7.78. The van der Waals surface area contributed by atoms with Gasteiger partial charge in [-0.05, 0) is 49.8 Å². The molecule has 1 aromatic heterocycles. The number of nitrogens with zero attached hydrogens (tertiary/aromatic N) is 1. The molecule has 28 heavy (non-hydrogen) atoms. The first-order valence-electron chi connectivity index (χ1n) is 8.66. The number of carbonyl (C=O) groups excluding carboxylic acids is 1. The number of halogens is 2. The number of carbonyl (C=O) groups is 1. The molecule has 0 fully saturated rings. The molecule has 2 rings (SSSR count). The van der Waals surface area contributed by atoms with Gasteiger partial charge in [-0.3, -0.25) is 9.59 Å². The molecular weight excluding hydrogens is 419 g/mol. The molecule has 1 heterocycles. The highest BCUT2D eigenvalue weighted by atomic mass is 35.5. The van der Waals surface area contributed by atoms with Crippen LogP contribution in [-0.2, 0) is 13.5 Å². The van der Waals surface area contributed by atoms with Gasteiger partial charge < -0.3 is 15.0 Å². The highest BCUT2D eigenvalue weighted by Crippen LogP contribution is 2.26. The van der Waals surface area contributed by atoms with Gasteiger partial charge in [-0.25, -0.2) is 0 Å². The second-order valence-electron chi connectivity index (χ2n) is 6.12. The normalized spacial score (nSPS) is 11.5. The third-order valence-electron chi connectivity index (χ3n) is 4.30. The Kier molecular flexibility index (Phi) is 8.04. The van der Waals surface area contributed by atoms with Gasteiger partial charge >= 0.3 is 0 Å². The van der Waals surface area contributed by atoms with Gasteiger partial charge in [0.1, 0.15) is 0 Å². The Morgan fingerprint density at radius 3 is 2.61 bits per heavy atom. The molecule has 8 heteroatoms. The topological polar surface area (TPSA) is 71.3 Å². The molecule has 0 saturated carbocycles. The molecule has 0 aliphatic carbocycles. The maximum atomic E-state index is 12.5. The van der Waals surface area contributed by atoms with Crippen molar-refractivity contribution in [1.82, 2.24) is 9.88 Å². The van der Waals surface area contributed by atoms with Crippen LogP contribution >= 0.6 is 35.0 Å². The lowest BCUT2D eigenvalue weighted by molar-refractivity contribution is 0.0950. The Hall–Kier alpha value is -1.89. The molecule has 0 radical (unpaired) electrons. The highest BCUT2D eigenvalue weighted by molar-refractivity contribution is 8.07. The number of amides is 1. The van der Waals surface area contributed by atoms with E-state index in [2.05, 4.69) is 5.32 Å². The van der Waals surface area contributed by atoms with Gasteiger partial charge in [0.2, 0.25) is 0 Å². The van der Waals surface area contributed by atoms with E-state index in [0.717, 1.165) is 10.5 Å². The van der Waals surface area contributed by atoms with E-state index >= 15 is 0 Å². The van der Waals surface area contributed by atoms with Gasteiger partial charge in [0.15, 0.2) is 5.75 Å². The Bertz CT molecular complexity index is 971. The van der Waals surface area contributed by atoms with E-state index in [1.165, 1.54) is 22.4 Å². The van der Waals surface area contributed by atoms with Crippen molar-refractivity contribution in [3.8, 4) is 5.75 Å². The minimum atomic E-state index is -0.605. The predicted octanol–water partition coefficient (Wildman–Crippen LogP) is 4.48. The summed E-state index contributed by atoms with van der Waals surface area (Å²) in [5.41, 5.74) is 0.965. The van der Waals surface area contributed by atoms with Crippen LogP contribution in [0.4, 0.5) is 0 Å². The van der Waals surface area contributed by atoms with E-state index in [9.17, 15) is 14.7 Å². The first-order chi connectivity index (χ1) is 13.3. The number of nitrogens with one attached hydrogen (secondary N) is 1. The lowest BCUT2D eigenvalue weighted by Gasteiger charge is -2.14. The largest absolute Gasteiger partial charge is 0.502 e. The van der Waals surface area contributed by atoms with Gasteiger partial charge in [0.05, 0.1) is 21.3 Å². The minimum absolute atomic E-state index is 0.0268. The summed E-state index contributed by atoms with van der Waals surface area (Å²) in [7, 11) is 1.57. The van der Waals surface area contributed by atoms with Crippen molar-refractivity contribution in [2.45, 2.75) is 19.8 Å². The van der Waals surface area contributed by atoms with Crippen molar-refractivity contribution in [2.24, 2.45) is 7.05 Å². The number of hydrogen-bond acceptors (Lipinski definition) is 4. The van der Waals surface area contributed by atoms with Crippen LogP contribution in [0.3, 0.4) is 0 Å². The maximum Gasteiger partial charge on any atom is 0.293 e. The van der Waals surface area contributed by atoms with Gasteiger partial charge in [0.25, 0.3) is 11.5 Å². The first kappa shape index (κ1) is 22.4. The van der Waals surface area contributed by atoms with Crippen LogP contribution in [0.25, 0.3) is 4.91 Å². The summed E-state index contributed by atoms with van der Waals surface area (Å²) in [6.45, 7) is 2.24. The average Bonchev–Trinajstić information content (AvgIpc) is 2.68. The van der Waals surface area contributed by atoms with Gasteiger partial charge in [-0.1, -0.05) is 35.3 Å². The van der Waals surface area contributed by atoms with Gasteiger partial charge in [0, 0.05) is 18.5 Å². The number of allylic oxidation sites excluding steroid dienone is 1. The van der Waals surface area contributed by atoms with Crippen LogP contribution in [0.15, 0.2) is 35.1 Å². The summed E-state index contributed by atoms with van der Waals surface area (Å²) in [4.78, 5) is 25.6. The number of thioether (sulfide) groups is 1. The molecule has 0 aliphatic heterocycles. The summed E-state index contributed by atoms with van der Waals surface area (Å²) in [5, 5.41) is 13.9. The van der Waals surface area contributed by atoms with E-state index in [1.807, 2.05) is 25.3 Å². The monoisotopic (exact) mass is 440 g/mol. The van der Waals surface area contributed by atoms with E-state index in [4.69, 9.17) is 23.2 Å². The molecule has 2 aromatic rings. The molecule has 5 nitrogen and oxygen atoms in total. The van der Waals surface area contributed by atoms with Crippen molar-refractivity contribution in [3.05, 3.63) is 67.6 Å². The van der Waals surface area contributed by atoms with E-state index in [0.29, 0.717) is 35.1 Å². The maximum absolute atomic E-state index is 12.5. The van der Waals surface area contributed by atoms with Crippen LogP contribution in [0, 0.1) is 0 Å². The van der Waals surface area contributed by atoms with E-state index < -0.39 is 17.2 Å². The van der Waals surface area contributed by atoms with E-state index in [1.54, 1.807) is 19.2 Å². The number of rotatable bonds is 7. The summed E-state index contributed by atoms with van der Waals surface area (Å²) in [6.07, 6.45) is 5.12. The molecule has 0 aliphatic rings. The Morgan fingerprint density at radius 2 is 2.00 bits per heavy atom. The first-order valence-corrected chi connectivity index (χ1v) is 10.6. The molecule has 1 aromatic carbocycles. The number of pyridine rings is 1. The van der Waals surface area contributed by atoms with Crippen LogP contribution in [0.1, 0.15) is 35.0 Å². The molecule has 0 unspecified atom stereocenters. The van der Waals surface area contributed by atoms with Crippen LogP contribution in [0.2, 0.25) is 10.0 Å². The molecule has 0 saturated heterocycles. The number of aromatic hydroxyl groups is 1. The van der Waals surface area contributed by atoms with Crippen LogP contribution in [0.5, 0.6) is 5.75 Å². The fourth-order valence-corrected chi connectivity index (χ4v) is 3.71. The molecule has 0 spiro atoms. The summed E-state index contributed by atoms with van der Waals surface area (Å²) in [6, 6.07) is 6.96. The van der Waals surface area contributed by atoms with Gasteiger partial charge in [-0.2, -0.15) is 0 Å². The van der Waals surface area contributed by atoms with Crippen molar-refractivity contribution >= 4 is 45.8 Å². The van der Waals surface area contributed by atoms with Crippen molar-refractivity contribution in [3.63, 3.8) is 0 Å². The van der Waals surface area contributed by atoms with Crippen molar-refractivity contribution in [1.29, 1.82) is 0 Å². The molecule has 2 N–H and O–H groups in total. The van der Waals surface area contributed by atoms with Crippen molar-refractivity contribution in [2.75, 3.05) is 12.8 Å². The third-order valence-corrected chi connectivity index (χ3v) is 5.92. The minimum Gasteiger partial charge on any atom is -0.502 e. The molecule has 0 bridgehead atoms. The predicted molar refractivity (Wildman–Crippen MR) is 118 cm³/mol. The Labute approximate surface area is 178 Å². The summed E-state index contributed by atoms with van der Waals surface area (Å²) < 4.78 is 1.34. The molecule has 0 atom stereocenters. The fraction of sp³-hybridized carbons (Fsp3) is 0.300. The van der Waals surface area contributed by atoms with Gasteiger partial charge in [-0.15, -0.1) is 11.8 Å². The smallest absolute Gasteiger partial charge is 0.293 e. The lowest BCUT2D eigenvalue weighted by atomic mass is 10.1. The number of aromatic nitrogens is 1.